The summed E-state index contributed by atoms with van der Waals surface area (Å²) >= 11 is 0. The molecule has 1 aromatic heterocycles. The molecule has 1 rings (SSSR count). The fourth-order valence-electron chi connectivity index (χ4n) is 1.32. The van der Waals surface area contributed by atoms with Crippen molar-refractivity contribution in [1.82, 2.24) is 5.32 Å². The van der Waals surface area contributed by atoms with Gasteiger partial charge >= 0.3 is 0 Å². The highest BCUT2D eigenvalue weighted by Crippen LogP contribution is 2.06. The van der Waals surface area contributed by atoms with Crippen molar-refractivity contribution in [2.75, 3.05) is 0 Å². The van der Waals surface area contributed by atoms with Gasteiger partial charge < -0.3 is 9.73 Å². The van der Waals surface area contributed by atoms with Gasteiger partial charge in [-0.25, -0.2) is 0 Å². The first-order valence-corrected chi connectivity index (χ1v) is 5.12. The lowest BCUT2D eigenvalue weighted by molar-refractivity contribution is 0.432. The van der Waals surface area contributed by atoms with E-state index in [2.05, 4.69) is 18.8 Å². The van der Waals surface area contributed by atoms with E-state index in [9.17, 15) is 0 Å². The van der Waals surface area contributed by atoms with Crippen LogP contribution in [-0.4, -0.2) is 6.04 Å². The molecule has 1 unspecified atom stereocenters. The van der Waals surface area contributed by atoms with Crippen LogP contribution in [0, 0.1) is 6.92 Å². The predicted molar refractivity (Wildman–Crippen MR) is 59.2 cm³/mol. The fourth-order valence-corrected chi connectivity index (χ4v) is 1.32. The van der Waals surface area contributed by atoms with Crippen LogP contribution in [0.4, 0.5) is 0 Å². The van der Waals surface area contributed by atoms with E-state index in [0.29, 0.717) is 6.04 Å². The van der Waals surface area contributed by atoms with Gasteiger partial charge in [0.1, 0.15) is 11.5 Å². The molecule has 0 saturated heterocycles. The zero-order chi connectivity index (χ0) is 10.4. The van der Waals surface area contributed by atoms with Crippen LogP contribution in [0.3, 0.4) is 0 Å². The van der Waals surface area contributed by atoms with Crippen LogP contribution in [0.15, 0.2) is 29.2 Å². The number of hydrogen-bond acceptors (Lipinski definition) is 2. The maximum Gasteiger partial charge on any atom is 0.117 e. The molecule has 1 N–H and O–H groups in total. The summed E-state index contributed by atoms with van der Waals surface area (Å²) in [7, 11) is 0. The minimum Gasteiger partial charge on any atom is -0.465 e. The SMILES string of the molecule is C=CCCC(C)NCc1ccc(C)o1. The lowest BCUT2D eigenvalue weighted by Gasteiger charge is -2.10. The second kappa shape index (κ2) is 5.66. The molecule has 2 nitrogen and oxygen atoms in total. The van der Waals surface area contributed by atoms with Gasteiger partial charge in [-0.05, 0) is 38.8 Å². The average molecular weight is 193 g/mol. The first kappa shape index (κ1) is 11.1. The van der Waals surface area contributed by atoms with E-state index in [0.717, 1.165) is 30.9 Å². The van der Waals surface area contributed by atoms with Gasteiger partial charge in [0.05, 0.1) is 6.54 Å². The van der Waals surface area contributed by atoms with Gasteiger partial charge in [0.2, 0.25) is 0 Å². The van der Waals surface area contributed by atoms with Crippen molar-refractivity contribution in [3.05, 3.63) is 36.3 Å². The molecule has 0 radical (unpaired) electrons. The molecule has 0 aromatic carbocycles. The summed E-state index contributed by atoms with van der Waals surface area (Å²) in [6.07, 6.45) is 4.14. The predicted octanol–water partition coefficient (Wildman–Crippen LogP) is 3.03. The van der Waals surface area contributed by atoms with Gasteiger partial charge in [-0.3, -0.25) is 0 Å². The van der Waals surface area contributed by atoms with Crippen LogP contribution in [-0.2, 0) is 6.54 Å². The zero-order valence-corrected chi connectivity index (χ0v) is 9.05. The zero-order valence-electron chi connectivity index (χ0n) is 9.05. The quantitative estimate of drug-likeness (QED) is 0.702. The van der Waals surface area contributed by atoms with E-state index in [4.69, 9.17) is 4.42 Å². The molecule has 0 saturated carbocycles. The maximum atomic E-state index is 5.46. The number of aryl methyl sites for hydroxylation is 1. The largest absolute Gasteiger partial charge is 0.465 e. The van der Waals surface area contributed by atoms with Gasteiger partial charge in [0.25, 0.3) is 0 Å². The fraction of sp³-hybridized carbons (Fsp3) is 0.500. The Morgan fingerprint density at radius 2 is 2.36 bits per heavy atom. The summed E-state index contributed by atoms with van der Waals surface area (Å²) in [6, 6.07) is 4.52. The summed E-state index contributed by atoms with van der Waals surface area (Å²) in [5.74, 6) is 1.98. The number of furan rings is 1. The van der Waals surface area contributed by atoms with Crippen LogP contribution in [0.5, 0.6) is 0 Å². The van der Waals surface area contributed by atoms with Crippen molar-refractivity contribution in [2.24, 2.45) is 0 Å². The van der Waals surface area contributed by atoms with Crippen LogP contribution < -0.4 is 5.32 Å². The van der Waals surface area contributed by atoms with Crippen molar-refractivity contribution < 1.29 is 4.42 Å². The van der Waals surface area contributed by atoms with Gasteiger partial charge in [0, 0.05) is 6.04 Å². The Balaban J connectivity index is 2.23. The van der Waals surface area contributed by atoms with Crippen LogP contribution in [0.25, 0.3) is 0 Å². The monoisotopic (exact) mass is 193 g/mol. The third-order valence-electron chi connectivity index (χ3n) is 2.22. The number of hydrogen-bond donors (Lipinski definition) is 1. The molecular weight excluding hydrogens is 174 g/mol. The second-order valence-corrected chi connectivity index (χ2v) is 3.66. The molecule has 14 heavy (non-hydrogen) atoms. The minimum absolute atomic E-state index is 0.512. The average Bonchev–Trinajstić information content (AvgIpc) is 2.58. The van der Waals surface area contributed by atoms with Crippen molar-refractivity contribution in [1.29, 1.82) is 0 Å². The van der Waals surface area contributed by atoms with Crippen LogP contribution in [0.1, 0.15) is 31.3 Å². The molecule has 0 aliphatic rings. The smallest absolute Gasteiger partial charge is 0.117 e. The van der Waals surface area contributed by atoms with Crippen molar-refractivity contribution >= 4 is 0 Å². The summed E-state index contributed by atoms with van der Waals surface area (Å²) in [6.45, 7) is 8.66. The third-order valence-corrected chi connectivity index (χ3v) is 2.22. The Kier molecular flexibility index (Phi) is 4.47. The molecule has 0 fully saturated rings. The van der Waals surface area contributed by atoms with E-state index in [1.165, 1.54) is 0 Å². The second-order valence-electron chi connectivity index (χ2n) is 3.66. The highest BCUT2D eigenvalue weighted by atomic mass is 16.3. The molecule has 0 spiro atoms. The Morgan fingerprint density at radius 1 is 1.57 bits per heavy atom. The summed E-state index contributed by atoms with van der Waals surface area (Å²) in [5.41, 5.74) is 0. The van der Waals surface area contributed by atoms with E-state index in [-0.39, 0.29) is 0 Å². The van der Waals surface area contributed by atoms with E-state index >= 15 is 0 Å². The molecule has 2 heteroatoms. The summed E-state index contributed by atoms with van der Waals surface area (Å²) in [5, 5.41) is 3.41. The normalized spacial score (nSPS) is 12.7. The van der Waals surface area contributed by atoms with Crippen molar-refractivity contribution in [2.45, 2.75) is 39.3 Å². The van der Waals surface area contributed by atoms with Gasteiger partial charge in [0.15, 0.2) is 0 Å². The highest BCUT2D eigenvalue weighted by molar-refractivity contribution is 5.05. The Bertz CT molecular complexity index is 278. The Labute approximate surface area is 86.0 Å². The molecule has 0 aliphatic heterocycles. The number of rotatable bonds is 6. The molecule has 0 aliphatic carbocycles. The minimum atomic E-state index is 0.512. The summed E-state index contributed by atoms with van der Waals surface area (Å²) < 4.78 is 5.46. The molecule has 1 atom stereocenters. The molecular formula is C12H19NO. The first-order valence-electron chi connectivity index (χ1n) is 5.12. The number of nitrogens with one attached hydrogen (secondary N) is 1. The van der Waals surface area contributed by atoms with Gasteiger partial charge in [-0.15, -0.1) is 6.58 Å². The van der Waals surface area contributed by atoms with Crippen LogP contribution in [0.2, 0.25) is 0 Å². The molecule has 1 aromatic rings. The van der Waals surface area contributed by atoms with E-state index in [1.54, 1.807) is 0 Å². The van der Waals surface area contributed by atoms with Gasteiger partial charge in [-0.2, -0.15) is 0 Å². The Morgan fingerprint density at radius 3 is 2.93 bits per heavy atom. The lowest BCUT2D eigenvalue weighted by atomic mass is 10.2. The topological polar surface area (TPSA) is 25.2 Å². The lowest BCUT2D eigenvalue weighted by Crippen LogP contribution is -2.24. The first-order chi connectivity index (χ1) is 6.72. The number of allylic oxidation sites excluding steroid dienone is 1. The van der Waals surface area contributed by atoms with Crippen LogP contribution >= 0.6 is 0 Å². The summed E-state index contributed by atoms with van der Waals surface area (Å²) in [4.78, 5) is 0. The maximum absolute atomic E-state index is 5.46. The molecule has 1 heterocycles. The van der Waals surface area contributed by atoms with E-state index in [1.807, 2.05) is 25.1 Å². The van der Waals surface area contributed by atoms with Gasteiger partial charge in [-0.1, -0.05) is 6.08 Å². The standard InChI is InChI=1S/C12H19NO/c1-4-5-6-10(2)13-9-12-8-7-11(3)14-12/h4,7-8,10,13H,1,5-6,9H2,2-3H3. The highest BCUT2D eigenvalue weighted by Gasteiger charge is 2.02. The van der Waals surface area contributed by atoms with Crippen molar-refractivity contribution in [3.63, 3.8) is 0 Å². The molecule has 78 valence electrons. The van der Waals surface area contributed by atoms with E-state index < -0.39 is 0 Å². The third kappa shape index (κ3) is 3.79. The molecule has 0 amide bonds. The molecule has 0 bridgehead atoms. The Hall–Kier alpha value is -1.02. The van der Waals surface area contributed by atoms with Crippen molar-refractivity contribution in [3.8, 4) is 0 Å².